The Morgan fingerprint density at radius 3 is 3.06 bits per heavy atom. The smallest absolute Gasteiger partial charge is 0.313 e. The molecule has 1 aromatic rings. The fourth-order valence-electron chi connectivity index (χ4n) is 2.32. The molecule has 2 heterocycles. The number of imidazole rings is 1. The first-order chi connectivity index (χ1) is 8.58. The summed E-state index contributed by atoms with van der Waals surface area (Å²) in [5, 5.41) is 9.55. The monoisotopic (exact) mass is 269 g/mol. The van der Waals surface area contributed by atoms with Crippen LogP contribution in [0.4, 0.5) is 0 Å². The topological polar surface area (TPSA) is 58.4 Å². The van der Waals surface area contributed by atoms with E-state index in [1.165, 1.54) is 24.6 Å². The Balaban J connectivity index is 2.06. The van der Waals surface area contributed by atoms with E-state index in [1.54, 1.807) is 0 Å². The van der Waals surface area contributed by atoms with Gasteiger partial charge in [0, 0.05) is 24.5 Å². The predicted octanol–water partition coefficient (Wildman–Crippen LogP) is 1.46. The molecule has 0 aliphatic carbocycles. The third kappa shape index (κ3) is 3.05. The molecule has 1 fully saturated rings. The van der Waals surface area contributed by atoms with Gasteiger partial charge in [-0.3, -0.25) is 4.79 Å². The van der Waals surface area contributed by atoms with Gasteiger partial charge in [0.2, 0.25) is 0 Å². The molecule has 1 atom stereocenters. The van der Waals surface area contributed by atoms with Crippen LogP contribution in [-0.4, -0.2) is 50.9 Å². The second-order valence-electron chi connectivity index (χ2n) is 4.75. The largest absolute Gasteiger partial charge is 0.481 e. The number of aryl methyl sites for hydroxylation is 1. The molecule has 6 heteroatoms. The Labute approximate surface area is 111 Å². The maximum absolute atomic E-state index is 10.6. The van der Waals surface area contributed by atoms with Crippen molar-refractivity contribution in [3.63, 3.8) is 0 Å². The molecule has 100 valence electrons. The summed E-state index contributed by atoms with van der Waals surface area (Å²) < 4.78 is 2.14. The average Bonchev–Trinajstić information content (AvgIpc) is 2.86. The van der Waals surface area contributed by atoms with E-state index in [9.17, 15) is 4.79 Å². The van der Waals surface area contributed by atoms with E-state index in [0.29, 0.717) is 6.04 Å². The Morgan fingerprint density at radius 2 is 2.44 bits per heavy atom. The molecule has 0 aromatic carbocycles. The molecular formula is C12H19N3O2S. The lowest BCUT2D eigenvalue weighted by Crippen LogP contribution is -2.29. The summed E-state index contributed by atoms with van der Waals surface area (Å²) in [6.07, 6.45) is 4.27. The third-order valence-electron chi connectivity index (χ3n) is 3.41. The van der Waals surface area contributed by atoms with Gasteiger partial charge in [-0.15, -0.1) is 0 Å². The predicted molar refractivity (Wildman–Crippen MR) is 71.0 cm³/mol. The first-order valence-electron chi connectivity index (χ1n) is 6.15. The third-order valence-corrected chi connectivity index (χ3v) is 4.38. The molecule has 0 bridgehead atoms. The van der Waals surface area contributed by atoms with Crippen LogP contribution in [0.5, 0.6) is 0 Å². The maximum Gasteiger partial charge on any atom is 0.313 e. The van der Waals surface area contributed by atoms with Crippen molar-refractivity contribution in [1.29, 1.82) is 0 Å². The van der Waals surface area contributed by atoms with Crippen molar-refractivity contribution < 1.29 is 9.90 Å². The van der Waals surface area contributed by atoms with Crippen LogP contribution < -0.4 is 0 Å². The van der Waals surface area contributed by atoms with Gasteiger partial charge < -0.3 is 14.6 Å². The molecule has 0 amide bonds. The summed E-state index contributed by atoms with van der Waals surface area (Å²) in [6.45, 7) is 4.08. The molecule has 0 radical (unpaired) electrons. The Kier molecular flexibility index (Phi) is 4.29. The first-order valence-corrected chi connectivity index (χ1v) is 7.13. The summed E-state index contributed by atoms with van der Waals surface area (Å²) in [5.41, 5.74) is 1.10. The molecule has 2 rings (SSSR count). The molecule has 1 aliphatic heterocycles. The van der Waals surface area contributed by atoms with Crippen molar-refractivity contribution in [2.24, 2.45) is 0 Å². The van der Waals surface area contributed by atoms with Crippen molar-refractivity contribution >= 4 is 17.7 Å². The van der Waals surface area contributed by atoms with E-state index in [2.05, 4.69) is 21.5 Å². The maximum atomic E-state index is 10.6. The Hall–Kier alpha value is -1.01. The highest BCUT2D eigenvalue weighted by Gasteiger charge is 2.23. The number of carbonyl (C=O) groups is 1. The molecule has 0 saturated carbocycles. The van der Waals surface area contributed by atoms with Crippen molar-refractivity contribution in [2.75, 3.05) is 19.3 Å². The van der Waals surface area contributed by atoms with Crippen molar-refractivity contribution in [2.45, 2.75) is 37.5 Å². The number of rotatable bonds is 5. The Bertz CT molecular complexity index is 433. The highest BCUT2D eigenvalue weighted by Crippen LogP contribution is 2.22. The number of carboxylic acid groups (broad SMARTS) is 1. The second-order valence-corrected chi connectivity index (χ2v) is 5.69. The molecule has 18 heavy (non-hydrogen) atoms. The van der Waals surface area contributed by atoms with Gasteiger partial charge in [0.15, 0.2) is 5.16 Å². The van der Waals surface area contributed by atoms with Gasteiger partial charge in [-0.25, -0.2) is 4.98 Å². The molecule has 1 aliphatic rings. The standard InChI is InChI=1S/C12H19N3O2S/c1-9-6-13-12(18-8-11(16)17)15(9)7-10-4-3-5-14(10)2/h6,10H,3-5,7-8H2,1-2H3,(H,16,17). The zero-order chi connectivity index (χ0) is 13.1. The molecule has 0 spiro atoms. The van der Waals surface area contributed by atoms with Crippen molar-refractivity contribution in [3.05, 3.63) is 11.9 Å². The van der Waals surface area contributed by atoms with Crippen LogP contribution in [0.1, 0.15) is 18.5 Å². The van der Waals surface area contributed by atoms with Gasteiger partial charge in [0.1, 0.15) is 0 Å². The normalized spacial score (nSPS) is 20.4. The van der Waals surface area contributed by atoms with Crippen LogP contribution in [0.2, 0.25) is 0 Å². The van der Waals surface area contributed by atoms with Gasteiger partial charge in [-0.1, -0.05) is 11.8 Å². The SMILES string of the molecule is Cc1cnc(SCC(=O)O)n1CC1CCCN1C. The van der Waals surface area contributed by atoms with Gasteiger partial charge >= 0.3 is 5.97 Å². The zero-order valence-corrected chi connectivity index (χ0v) is 11.6. The summed E-state index contributed by atoms with van der Waals surface area (Å²) >= 11 is 1.29. The number of thioether (sulfide) groups is 1. The summed E-state index contributed by atoms with van der Waals surface area (Å²) in [6, 6.07) is 0.544. The highest BCUT2D eigenvalue weighted by molar-refractivity contribution is 7.99. The first kappa shape index (κ1) is 13.4. The molecule has 1 unspecified atom stereocenters. The molecule has 1 N–H and O–H groups in total. The van der Waals surface area contributed by atoms with Gasteiger partial charge in [-0.2, -0.15) is 0 Å². The number of hydrogen-bond donors (Lipinski definition) is 1. The number of hydrogen-bond acceptors (Lipinski definition) is 4. The summed E-state index contributed by atoms with van der Waals surface area (Å²) in [4.78, 5) is 17.3. The van der Waals surface area contributed by atoms with Gasteiger partial charge in [0.05, 0.1) is 5.75 Å². The summed E-state index contributed by atoms with van der Waals surface area (Å²) in [7, 11) is 2.15. The minimum Gasteiger partial charge on any atom is -0.481 e. The summed E-state index contributed by atoms with van der Waals surface area (Å²) in [5.74, 6) is -0.734. The van der Waals surface area contributed by atoms with E-state index in [4.69, 9.17) is 5.11 Å². The van der Waals surface area contributed by atoms with Gasteiger partial charge in [-0.05, 0) is 33.4 Å². The van der Waals surface area contributed by atoms with E-state index in [-0.39, 0.29) is 5.75 Å². The van der Waals surface area contributed by atoms with E-state index < -0.39 is 5.97 Å². The Morgan fingerprint density at radius 1 is 1.67 bits per heavy atom. The lowest BCUT2D eigenvalue weighted by atomic mass is 10.2. The van der Waals surface area contributed by atoms with Crippen LogP contribution in [0.25, 0.3) is 0 Å². The molecular weight excluding hydrogens is 250 g/mol. The number of aromatic nitrogens is 2. The lowest BCUT2D eigenvalue weighted by molar-refractivity contribution is -0.133. The molecule has 5 nitrogen and oxygen atoms in total. The number of carboxylic acids is 1. The van der Waals surface area contributed by atoms with Crippen molar-refractivity contribution in [1.82, 2.24) is 14.5 Å². The zero-order valence-electron chi connectivity index (χ0n) is 10.8. The van der Waals surface area contributed by atoms with Crippen molar-refractivity contribution in [3.8, 4) is 0 Å². The quantitative estimate of drug-likeness (QED) is 0.820. The van der Waals surface area contributed by atoms with Gasteiger partial charge in [0.25, 0.3) is 0 Å². The minimum absolute atomic E-state index is 0.0664. The van der Waals surface area contributed by atoms with Crippen LogP contribution in [-0.2, 0) is 11.3 Å². The molecule has 1 saturated heterocycles. The fourth-order valence-corrected chi connectivity index (χ4v) is 3.08. The molecule has 1 aromatic heterocycles. The number of likely N-dealkylation sites (N-methyl/N-ethyl adjacent to an activating group) is 1. The fraction of sp³-hybridized carbons (Fsp3) is 0.667. The lowest BCUT2D eigenvalue weighted by Gasteiger charge is -2.21. The van der Waals surface area contributed by atoms with Crippen LogP contribution >= 0.6 is 11.8 Å². The number of likely N-dealkylation sites (tertiary alicyclic amines) is 1. The van der Waals surface area contributed by atoms with Crippen LogP contribution in [0.3, 0.4) is 0 Å². The average molecular weight is 269 g/mol. The van der Waals surface area contributed by atoms with E-state index >= 15 is 0 Å². The van der Waals surface area contributed by atoms with Crippen LogP contribution in [0.15, 0.2) is 11.4 Å². The van der Waals surface area contributed by atoms with Crippen LogP contribution in [0, 0.1) is 6.92 Å². The highest BCUT2D eigenvalue weighted by atomic mass is 32.2. The minimum atomic E-state index is -0.801. The van der Waals surface area contributed by atoms with E-state index in [1.807, 2.05) is 13.1 Å². The number of aliphatic carboxylic acids is 1. The number of nitrogens with zero attached hydrogens (tertiary/aromatic N) is 3. The van der Waals surface area contributed by atoms with E-state index in [0.717, 1.165) is 23.9 Å². The second kappa shape index (κ2) is 5.75.